The molecule has 6 heteroatoms. The van der Waals surface area contributed by atoms with Crippen LogP contribution in [0.2, 0.25) is 0 Å². The van der Waals surface area contributed by atoms with Gasteiger partial charge in [-0.3, -0.25) is 19.3 Å². The minimum atomic E-state index is -0.531. The van der Waals surface area contributed by atoms with Crippen LogP contribution < -0.4 is 0 Å². The summed E-state index contributed by atoms with van der Waals surface area (Å²) in [5.74, 6) is -1.33. The lowest BCUT2D eigenvalue weighted by molar-refractivity contribution is -0.146. The van der Waals surface area contributed by atoms with Gasteiger partial charge in [0, 0.05) is 12.5 Å². The number of carbonyl (C=O) groups excluding carboxylic acids is 3. The highest BCUT2D eigenvalue weighted by Crippen LogP contribution is 2.20. The number of imide groups is 1. The van der Waals surface area contributed by atoms with E-state index in [0.29, 0.717) is 17.7 Å². The SMILES string of the molecule is CC(=O)N1C/C(=C(\C)COC(=O)CCl)C1=O. The van der Waals surface area contributed by atoms with Crippen LogP contribution in [0, 0.1) is 0 Å². The molecule has 0 N–H and O–H groups in total. The van der Waals surface area contributed by atoms with Crippen LogP contribution >= 0.6 is 11.6 Å². The van der Waals surface area contributed by atoms with Crippen molar-refractivity contribution in [1.82, 2.24) is 4.90 Å². The molecule has 0 bridgehead atoms. The quantitative estimate of drug-likeness (QED) is 0.314. The van der Waals surface area contributed by atoms with Gasteiger partial charge in [-0.1, -0.05) is 0 Å². The molecule has 0 radical (unpaired) electrons. The molecule has 1 fully saturated rings. The zero-order valence-electron chi connectivity index (χ0n) is 9.08. The summed E-state index contributed by atoms with van der Waals surface area (Å²) in [7, 11) is 0. The molecular weight excluding hydrogens is 234 g/mol. The van der Waals surface area contributed by atoms with Crippen LogP contribution in [0.5, 0.6) is 0 Å². The molecule has 16 heavy (non-hydrogen) atoms. The molecule has 0 aliphatic carbocycles. The second-order valence-electron chi connectivity index (χ2n) is 3.46. The number of esters is 1. The monoisotopic (exact) mass is 245 g/mol. The third kappa shape index (κ3) is 2.61. The van der Waals surface area contributed by atoms with E-state index in [1.54, 1.807) is 6.92 Å². The zero-order chi connectivity index (χ0) is 12.3. The van der Waals surface area contributed by atoms with Crippen LogP contribution in [-0.2, 0) is 19.1 Å². The first-order valence-electron chi connectivity index (χ1n) is 4.70. The molecule has 0 spiro atoms. The van der Waals surface area contributed by atoms with Gasteiger partial charge < -0.3 is 4.74 Å². The zero-order valence-corrected chi connectivity index (χ0v) is 9.84. The maximum Gasteiger partial charge on any atom is 0.321 e. The Bertz CT molecular complexity index is 375. The Morgan fingerprint density at radius 3 is 2.50 bits per heavy atom. The van der Waals surface area contributed by atoms with E-state index in [2.05, 4.69) is 0 Å². The number of likely N-dealkylation sites (tertiary alicyclic amines) is 1. The van der Waals surface area contributed by atoms with Crippen LogP contribution in [0.1, 0.15) is 13.8 Å². The molecule has 0 unspecified atom stereocenters. The van der Waals surface area contributed by atoms with Crippen LogP contribution in [-0.4, -0.2) is 41.7 Å². The third-order valence-corrected chi connectivity index (χ3v) is 2.49. The van der Waals surface area contributed by atoms with Gasteiger partial charge in [0.2, 0.25) is 5.91 Å². The van der Waals surface area contributed by atoms with Gasteiger partial charge in [0.25, 0.3) is 5.91 Å². The Morgan fingerprint density at radius 2 is 2.06 bits per heavy atom. The fourth-order valence-electron chi connectivity index (χ4n) is 1.26. The van der Waals surface area contributed by atoms with Crippen LogP contribution in [0.4, 0.5) is 0 Å². The number of hydrogen-bond donors (Lipinski definition) is 0. The van der Waals surface area contributed by atoms with Crippen LogP contribution in [0.15, 0.2) is 11.1 Å². The number of amides is 2. The smallest absolute Gasteiger partial charge is 0.321 e. The second kappa shape index (κ2) is 5.12. The summed E-state index contributed by atoms with van der Waals surface area (Å²) >= 11 is 5.25. The van der Waals surface area contributed by atoms with Gasteiger partial charge in [0.1, 0.15) is 12.5 Å². The van der Waals surface area contributed by atoms with Crippen molar-refractivity contribution in [2.45, 2.75) is 13.8 Å². The van der Waals surface area contributed by atoms with Crippen LogP contribution in [0.3, 0.4) is 0 Å². The summed E-state index contributed by atoms with van der Waals surface area (Å²) in [6.45, 7) is 3.35. The fraction of sp³-hybridized carbons (Fsp3) is 0.500. The van der Waals surface area contributed by atoms with E-state index in [4.69, 9.17) is 16.3 Å². The minimum Gasteiger partial charge on any atom is -0.460 e. The van der Waals surface area contributed by atoms with Crippen molar-refractivity contribution in [2.24, 2.45) is 0 Å². The predicted octanol–water partition coefficient (Wildman–Crippen LogP) is 0.474. The van der Waals surface area contributed by atoms with Crippen molar-refractivity contribution in [2.75, 3.05) is 19.0 Å². The molecule has 0 aromatic carbocycles. The highest BCUT2D eigenvalue weighted by Gasteiger charge is 2.34. The first kappa shape index (κ1) is 12.7. The molecule has 0 saturated carbocycles. The maximum absolute atomic E-state index is 11.4. The molecule has 5 nitrogen and oxygen atoms in total. The number of rotatable bonds is 3. The predicted molar refractivity (Wildman–Crippen MR) is 56.8 cm³/mol. The molecule has 1 saturated heterocycles. The Kier molecular flexibility index (Phi) is 4.06. The van der Waals surface area contributed by atoms with Gasteiger partial charge in [-0.05, 0) is 12.5 Å². The number of β-lactam (4-membered cyclic amide) rings is 1. The first-order valence-corrected chi connectivity index (χ1v) is 5.23. The van der Waals surface area contributed by atoms with Crippen molar-refractivity contribution in [3.05, 3.63) is 11.1 Å². The molecule has 0 aromatic rings. The Balaban J connectivity index is 2.54. The van der Waals surface area contributed by atoms with E-state index in [-0.39, 0.29) is 24.3 Å². The highest BCUT2D eigenvalue weighted by molar-refractivity contribution is 6.26. The number of alkyl halides is 1. The lowest BCUT2D eigenvalue weighted by Gasteiger charge is -2.31. The number of nitrogens with zero attached hydrogens (tertiary/aromatic N) is 1. The first-order chi connectivity index (χ1) is 7.47. The molecular formula is C10H12ClNO4. The standard InChI is InChI=1S/C10H12ClNO4/c1-6(5-16-9(14)3-11)8-4-12(7(2)13)10(8)15/h3-5H2,1-2H3/b8-6-. The third-order valence-electron chi connectivity index (χ3n) is 2.27. The van der Waals surface area contributed by atoms with E-state index in [0.717, 1.165) is 4.90 Å². The van der Waals surface area contributed by atoms with E-state index in [1.807, 2.05) is 0 Å². The minimum absolute atomic E-state index is 0.0401. The summed E-state index contributed by atoms with van der Waals surface area (Å²) in [5.41, 5.74) is 1.18. The molecule has 1 aliphatic heterocycles. The normalized spacial score (nSPS) is 17.9. The molecule has 1 rings (SSSR count). The van der Waals surface area contributed by atoms with E-state index in [1.165, 1.54) is 6.92 Å². The summed E-state index contributed by atoms with van der Waals surface area (Å²) < 4.78 is 4.77. The maximum atomic E-state index is 11.4. The van der Waals surface area contributed by atoms with Gasteiger partial charge in [0.05, 0.1) is 6.54 Å². The topological polar surface area (TPSA) is 63.7 Å². The van der Waals surface area contributed by atoms with Gasteiger partial charge in [-0.25, -0.2) is 0 Å². The fourth-order valence-corrected chi connectivity index (χ4v) is 1.33. The highest BCUT2D eigenvalue weighted by atomic mass is 35.5. The summed E-state index contributed by atoms with van der Waals surface area (Å²) in [4.78, 5) is 34.2. The van der Waals surface area contributed by atoms with Crippen molar-refractivity contribution >= 4 is 29.4 Å². The summed E-state index contributed by atoms with van der Waals surface area (Å²) in [6, 6.07) is 0. The lowest BCUT2D eigenvalue weighted by atomic mass is 10.0. The molecule has 88 valence electrons. The number of halogens is 1. The van der Waals surface area contributed by atoms with E-state index in [9.17, 15) is 14.4 Å². The van der Waals surface area contributed by atoms with Crippen LogP contribution in [0.25, 0.3) is 0 Å². The van der Waals surface area contributed by atoms with Crippen molar-refractivity contribution in [3.63, 3.8) is 0 Å². The Hall–Kier alpha value is -1.36. The lowest BCUT2D eigenvalue weighted by Crippen LogP contribution is -2.49. The summed E-state index contributed by atoms with van der Waals surface area (Å²) in [6.07, 6.45) is 0. The van der Waals surface area contributed by atoms with Gasteiger partial charge in [-0.15, -0.1) is 11.6 Å². The van der Waals surface area contributed by atoms with Gasteiger partial charge in [0.15, 0.2) is 0 Å². The van der Waals surface area contributed by atoms with Gasteiger partial charge >= 0.3 is 5.97 Å². The molecule has 1 heterocycles. The average Bonchev–Trinajstić information content (AvgIpc) is 2.23. The Labute approximate surface area is 98.0 Å². The number of ether oxygens (including phenoxy) is 1. The van der Waals surface area contributed by atoms with Crippen molar-refractivity contribution in [1.29, 1.82) is 0 Å². The second-order valence-corrected chi connectivity index (χ2v) is 3.73. The van der Waals surface area contributed by atoms with Gasteiger partial charge in [-0.2, -0.15) is 0 Å². The number of hydrogen-bond acceptors (Lipinski definition) is 4. The molecule has 0 aromatic heterocycles. The molecule has 1 aliphatic rings. The Morgan fingerprint density at radius 1 is 1.44 bits per heavy atom. The van der Waals surface area contributed by atoms with E-state index < -0.39 is 5.97 Å². The van der Waals surface area contributed by atoms with Crippen molar-refractivity contribution in [3.8, 4) is 0 Å². The molecule has 0 atom stereocenters. The largest absolute Gasteiger partial charge is 0.460 e. The molecule has 2 amide bonds. The van der Waals surface area contributed by atoms with Crippen molar-refractivity contribution < 1.29 is 19.1 Å². The van der Waals surface area contributed by atoms with E-state index >= 15 is 0 Å². The average molecular weight is 246 g/mol. The summed E-state index contributed by atoms with van der Waals surface area (Å²) in [5, 5.41) is 0. The number of carbonyl (C=O) groups is 3.